The van der Waals surface area contributed by atoms with Gasteiger partial charge in [-0.05, 0) is 68.0 Å². The van der Waals surface area contributed by atoms with Crippen molar-refractivity contribution >= 4 is 5.91 Å². The van der Waals surface area contributed by atoms with Crippen LogP contribution in [-0.2, 0) is 11.2 Å². The van der Waals surface area contributed by atoms with E-state index in [1.807, 2.05) is 24.3 Å². The number of hydrogen-bond donors (Lipinski definition) is 4. The highest BCUT2D eigenvalue weighted by atomic mass is 16.5. The molecule has 3 rings (SSSR count). The lowest BCUT2D eigenvalue weighted by Gasteiger charge is -2.23. The second-order valence-electron chi connectivity index (χ2n) is 8.04. The first-order chi connectivity index (χ1) is 15.4. The minimum absolute atomic E-state index is 0.00132. The van der Waals surface area contributed by atoms with Gasteiger partial charge in [-0.2, -0.15) is 0 Å². The lowest BCUT2D eigenvalue weighted by molar-refractivity contribution is 0.0251. The molecule has 0 aromatic heterocycles. The van der Waals surface area contributed by atoms with Crippen molar-refractivity contribution in [1.82, 2.24) is 5.32 Å². The standard InChI is InChI=1S/C24H32N2O6/c1-16(27)24(26-11-13-31-20-8-9-22(28)21(14-20)23(25)29)32-19-6-4-17(5-7-19)10-12-30-15-18-2-3-18/h4-9,14,16,18,24,26-28H,2-3,10-13,15H2,1H3,(H2,25,29). The van der Waals surface area contributed by atoms with E-state index in [9.17, 15) is 15.0 Å². The Morgan fingerprint density at radius 1 is 1.16 bits per heavy atom. The molecule has 174 valence electrons. The third-order valence-electron chi connectivity index (χ3n) is 5.16. The van der Waals surface area contributed by atoms with Crippen LogP contribution in [0.4, 0.5) is 0 Å². The number of nitrogens with two attached hydrogens (primary N) is 1. The van der Waals surface area contributed by atoms with E-state index < -0.39 is 18.2 Å². The van der Waals surface area contributed by atoms with Crippen molar-refractivity contribution in [2.45, 2.75) is 38.5 Å². The molecule has 5 N–H and O–H groups in total. The normalized spacial score (nSPS) is 15.2. The molecule has 2 aromatic carbocycles. The second kappa shape index (κ2) is 11.7. The summed E-state index contributed by atoms with van der Waals surface area (Å²) in [5, 5.41) is 22.8. The first-order valence-corrected chi connectivity index (χ1v) is 10.9. The number of carbonyl (C=O) groups excluding carboxylic acids is 1. The van der Waals surface area contributed by atoms with Gasteiger partial charge in [-0.3, -0.25) is 10.1 Å². The van der Waals surface area contributed by atoms with Crippen LogP contribution < -0.4 is 20.5 Å². The SMILES string of the molecule is CC(O)C(NCCOc1ccc(O)c(C(N)=O)c1)Oc1ccc(CCOCC2CC2)cc1. The molecule has 1 saturated carbocycles. The van der Waals surface area contributed by atoms with Gasteiger partial charge in [-0.1, -0.05) is 12.1 Å². The fraction of sp³-hybridized carbons (Fsp3) is 0.458. The number of rotatable bonds is 14. The second-order valence-corrected chi connectivity index (χ2v) is 8.04. The Labute approximate surface area is 188 Å². The maximum atomic E-state index is 11.3. The zero-order valence-corrected chi connectivity index (χ0v) is 18.3. The Kier molecular flexibility index (Phi) is 8.72. The zero-order valence-electron chi connectivity index (χ0n) is 18.3. The van der Waals surface area contributed by atoms with Gasteiger partial charge < -0.3 is 30.2 Å². The largest absolute Gasteiger partial charge is 0.507 e. The third-order valence-corrected chi connectivity index (χ3v) is 5.16. The number of amides is 1. The summed E-state index contributed by atoms with van der Waals surface area (Å²) < 4.78 is 17.1. The number of phenols is 1. The number of aromatic hydroxyl groups is 1. The van der Waals surface area contributed by atoms with Crippen molar-refractivity contribution in [3.8, 4) is 17.2 Å². The summed E-state index contributed by atoms with van der Waals surface area (Å²) in [6.45, 7) is 3.87. The highest BCUT2D eigenvalue weighted by molar-refractivity contribution is 5.95. The third kappa shape index (κ3) is 7.71. The van der Waals surface area contributed by atoms with Gasteiger partial charge >= 0.3 is 0 Å². The highest BCUT2D eigenvalue weighted by Crippen LogP contribution is 2.28. The van der Waals surface area contributed by atoms with Crippen LogP contribution >= 0.6 is 0 Å². The van der Waals surface area contributed by atoms with Crippen LogP contribution in [0.5, 0.6) is 17.2 Å². The van der Waals surface area contributed by atoms with Gasteiger partial charge in [0, 0.05) is 13.2 Å². The fourth-order valence-electron chi connectivity index (χ4n) is 3.09. The number of benzene rings is 2. The summed E-state index contributed by atoms with van der Waals surface area (Å²) in [6, 6.07) is 12.0. The molecule has 2 atom stereocenters. The molecule has 0 saturated heterocycles. The maximum Gasteiger partial charge on any atom is 0.252 e. The predicted molar refractivity (Wildman–Crippen MR) is 120 cm³/mol. The van der Waals surface area contributed by atoms with E-state index in [4.69, 9.17) is 19.9 Å². The quantitative estimate of drug-likeness (QED) is 0.260. The van der Waals surface area contributed by atoms with Gasteiger partial charge in [-0.25, -0.2) is 0 Å². The number of ether oxygens (including phenoxy) is 3. The monoisotopic (exact) mass is 444 g/mol. The summed E-state index contributed by atoms with van der Waals surface area (Å²) in [6.07, 6.45) is 2.08. The minimum atomic E-state index is -0.749. The molecule has 0 spiro atoms. The number of aliphatic hydroxyl groups is 1. The van der Waals surface area contributed by atoms with E-state index in [2.05, 4.69) is 5.32 Å². The summed E-state index contributed by atoms with van der Waals surface area (Å²) >= 11 is 0. The van der Waals surface area contributed by atoms with Crippen molar-refractivity contribution < 1.29 is 29.2 Å². The first-order valence-electron chi connectivity index (χ1n) is 10.9. The van der Waals surface area contributed by atoms with Crippen LogP contribution in [-0.4, -0.2) is 54.8 Å². The van der Waals surface area contributed by atoms with Crippen LogP contribution in [0.2, 0.25) is 0 Å². The molecule has 8 nitrogen and oxygen atoms in total. The van der Waals surface area contributed by atoms with Crippen molar-refractivity contribution in [3.63, 3.8) is 0 Å². The van der Waals surface area contributed by atoms with Crippen molar-refractivity contribution in [3.05, 3.63) is 53.6 Å². The Hall–Kier alpha value is -2.81. The number of aliphatic hydroxyl groups excluding tert-OH is 1. The van der Waals surface area contributed by atoms with Crippen LogP contribution in [0.25, 0.3) is 0 Å². The van der Waals surface area contributed by atoms with Gasteiger partial charge in [0.2, 0.25) is 0 Å². The van der Waals surface area contributed by atoms with Crippen LogP contribution in [0, 0.1) is 5.92 Å². The zero-order chi connectivity index (χ0) is 22.9. The molecule has 0 bridgehead atoms. The molecule has 2 aromatic rings. The number of nitrogens with one attached hydrogen (secondary N) is 1. The van der Waals surface area contributed by atoms with Crippen LogP contribution in [0.15, 0.2) is 42.5 Å². The molecular weight excluding hydrogens is 412 g/mol. The van der Waals surface area contributed by atoms with E-state index in [1.54, 1.807) is 13.0 Å². The molecule has 32 heavy (non-hydrogen) atoms. The van der Waals surface area contributed by atoms with Crippen molar-refractivity contribution in [2.24, 2.45) is 11.7 Å². The van der Waals surface area contributed by atoms with E-state index in [0.29, 0.717) is 18.0 Å². The molecule has 1 amide bonds. The fourth-order valence-corrected chi connectivity index (χ4v) is 3.09. The molecule has 0 radical (unpaired) electrons. The summed E-state index contributed by atoms with van der Waals surface area (Å²) in [7, 11) is 0. The van der Waals surface area contributed by atoms with E-state index in [1.165, 1.54) is 30.5 Å². The van der Waals surface area contributed by atoms with Crippen LogP contribution in [0.3, 0.4) is 0 Å². The molecular formula is C24H32N2O6. The van der Waals surface area contributed by atoms with E-state index in [0.717, 1.165) is 25.6 Å². The van der Waals surface area contributed by atoms with E-state index >= 15 is 0 Å². The van der Waals surface area contributed by atoms with Crippen LogP contribution in [0.1, 0.15) is 35.7 Å². The van der Waals surface area contributed by atoms with Crippen molar-refractivity contribution in [1.29, 1.82) is 0 Å². The average Bonchev–Trinajstić information content (AvgIpc) is 3.59. The Bertz CT molecular complexity index is 867. The molecule has 0 heterocycles. The van der Waals surface area contributed by atoms with E-state index in [-0.39, 0.29) is 17.9 Å². The summed E-state index contributed by atoms with van der Waals surface area (Å²) in [5.74, 6) is 0.906. The summed E-state index contributed by atoms with van der Waals surface area (Å²) in [5.41, 5.74) is 6.39. The van der Waals surface area contributed by atoms with Gasteiger partial charge in [0.1, 0.15) is 30.0 Å². The highest BCUT2D eigenvalue weighted by Gasteiger charge is 2.21. The topological polar surface area (TPSA) is 123 Å². The number of primary amides is 1. The molecule has 2 unspecified atom stereocenters. The van der Waals surface area contributed by atoms with Gasteiger partial charge in [0.05, 0.1) is 12.2 Å². The lowest BCUT2D eigenvalue weighted by atomic mass is 10.1. The Morgan fingerprint density at radius 3 is 2.53 bits per heavy atom. The molecule has 1 aliphatic rings. The lowest BCUT2D eigenvalue weighted by Crippen LogP contribution is -2.44. The minimum Gasteiger partial charge on any atom is -0.507 e. The molecule has 1 aliphatic carbocycles. The Balaban J connectivity index is 1.41. The predicted octanol–water partition coefficient (Wildman–Crippen LogP) is 2.21. The van der Waals surface area contributed by atoms with Crippen molar-refractivity contribution in [2.75, 3.05) is 26.4 Å². The number of hydrogen-bond acceptors (Lipinski definition) is 7. The smallest absolute Gasteiger partial charge is 0.252 e. The van der Waals surface area contributed by atoms with Gasteiger partial charge in [0.25, 0.3) is 5.91 Å². The molecule has 8 heteroatoms. The first kappa shape index (κ1) is 23.8. The van der Waals surface area contributed by atoms with Gasteiger partial charge in [0.15, 0.2) is 6.23 Å². The molecule has 0 aliphatic heterocycles. The number of carbonyl (C=O) groups is 1. The van der Waals surface area contributed by atoms with Gasteiger partial charge in [-0.15, -0.1) is 0 Å². The average molecular weight is 445 g/mol. The summed E-state index contributed by atoms with van der Waals surface area (Å²) in [4.78, 5) is 11.3. The molecule has 1 fully saturated rings. The Morgan fingerprint density at radius 2 is 1.88 bits per heavy atom. The maximum absolute atomic E-state index is 11.3.